The highest BCUT2D eigenvalue weighted by atomic mass is 32.1. The molecule has 0 aliphatic carbocycles. The van der Waals surface area contributed by atoms with Crippen LogP contribution in [0.3, 0.4) is 0 Å². The first-order valence-corrected chi connectivity index (χ1v) is 10.0. The summed E-state index contributed by atoms with van der Waals surface area (Å²) >= 11 is 5.04. The van der Waals surface area contributed by atoms with Crippen LogP contribution >= 0.6 is 12.2 Å². The van der Waals surface area contributed by atoms with E-state index in [-0.39, 0.29) is 16.9 Å². The zero-order chi connectivity index (χ0) is 21.1. The number of carbonyl (C=O) groups is 2. The second-order valence-corrected chi connectivity index (χ2v) is 7.41. The van der Waals surface area contributed by atoms with Gasteiger partial charge in [-0.1, -0.05) is 44.2 Å². The summed E-state index contributed by atoms with van der Waals surface area (Å²) in [6, 6.07) is 16.6. The van der Waals surface area contributed by atoms with E-state index in [0.717, 1.165) is 17.7 Å². The first kappa shape index (κ1) is 22.4. The molecule has 0 saturated carbocycles. The van der Waals surface area contributed by atoms with Gasteiger partial charge in [0, 0.05) is 12.0 Å². The molecule has 2 amide bonds. The molecular formula is C22H27N3O3S. The lowest BCUT2D eigenvalue weighted by atomic mass is 10.1. The second kappa shape index (κ2) is 11.8. The van der Waals surface area contributed by atoms with Gasteiger partial charge in [0.25, 0.3) is 5.91 Å². The molecule has 0 unspecified atom stereocenters. The van der Waals surface area contributed by atoms with Gasteiger partial charge >= 0.3 is 0 Å². The molecule has 0 aliphatic rings. The average molecular weight is 414 g/mol. The van der Waals surface area contributed by atoms with Crippen LogP contribution in [0.4, 0.5) is 0 Å². The Hall–Kier alpha value is -2.93. The summed E-state index contributed by atoms with van der Waals surface area (Å²) in [5.74, 6) is 0.716. The van der Waals surface area contributed by atoms with E-state index in [1.165, 1.54) is 0 Å². The summed E-state index contributed by atoms with van der Waals surface area (Å²) in [6.07, 6.45) is 1.89. The Morgan fingerprint density at radius 2 is 1.69 bits per heavy atom. The van der Waals surface area contributed by atoms with Crippen molar-refractivity contribution in [2.24, 2.45) is 5.92 Å². The van der Waals surface area contributed by atoms with Crippen LogP contribution in [0.5, 0.6) is 5.75 Å². The van der Waals surface area contributed by atoms with Crippen molar-refractivity contribution < 1.29 is 14.3 Å². The Kier molecular flexibility index (Phi) is 9.11. The summed E-state index contributed by atoms with van der Waals surface area (Å²) in [5.41, 5.74) is 6.54. The van der Waals surface area contributed by atoms with E-state index >= 15 is 0 Å². The lowest BCUT2D eigenvalue weighted by molar-refractivity contribution is -0.119. The minimum atomic E-state index is -0.361. The van der Waals surface area contributed by atoms with Gasteiger partial charge in [0.05, 0.1) is 6.61 Å². The molecule has 0 fully saturated rings. The zero-order valence-electron chi connectivity index (χ0n) is 16.7. The van der Waals surface area contributed by atoms with Crippen molar-refractivity contribution in [3.05, 3.63) is 65.7 Å². The molecule has 7 heteroatoms. The Bertz CT molecular complexity index is 808. The number of hydrogen-bond acceptors (Lipinski definition) is 4. The number of ether oxygens (including phenoxy) is 1. The van der Waals surface area contributed by atoms with E-state index in [2.05, 4.69) is 30.0 Å². The van der Waals surface area contributed by atoms with Gasteiger partial charge < -0.3 is 10.1 Å². The van der Waals surface area contributed by atoms with E-state index in [1.54, 1.807) is 24.3 Å². The SMILES string of the molecule is CC(C)CCOc1ccc(C(=O)NNC(=S)NC(=O)CCc2ccccc2)cc1. The molecule has 0 heterocycles. The number of hydrogen-bond donors (Lipinski definition) is 3. The monoisotopic (exact) mass is 413 g/mol. The third-order valence-electron chi connectivity index (χ3n) is 4.11. The molecule has 0 radical (unpaired) electrons. The quantitative estimate of drug-likeness (QED) is 0.457. The van der Waals surface area contributed by atoms with Gasteiger partial charge in [-0.25, -0.2) is 0 Å². The fraction of sp³-hybridized carbons (Fsp3) is 0.318. The fourth-order valence-corrected chi connectivity index (χ4v) is 2.59. The molecule has 6 nitrogen and oxygen atoms in total. The van der Waals surface area contributed by atoms with E-state index < -0.39 is 0 Å². The summed E-state index contributed by atoms with van der Waals surface area (Å²) in [6.45, 7) is 4.92. The maximum absolute atomic E-state index is 12.2. The maximum Gasteiger partial charge on any atom is 0.269 e. The number of hydrazine groups is 1. The molecule has 0 aromatic heterocycles. The highest BCUT2D eigenvalue weighted by molar-refractivity contribution is 7.80. The lowest BCUT2D eigenvalue weighted by Gasteiger charge is -2.11. The minimum absolute atomic E-state index is 0.0463. The van der Waals surface area contributed by atoms with E-state index in [9.17, 15) is 9.59 Å². The summed E-state index contributed by atoms with van der Waals surface area (Å²) in [7, 11) is 0. The van der Waals surface area contributed by atoms with Crippen molar-refractivity contribution in [1.29, 1.82) is 0 Å². The molecule has 2 aromatic carbocycles. The largest absolute Gasteiger partial charge is 0.494 e. The van der Waals surface area contributed by atoms with E-state index in [1.807, 2.05) is 30.3 Å². The number of carbonyl (C=O) groups excluding carboxylic acids is 2. The highest BCUT2D eigenvalue weighted by Gasteiger charge is 2.08. The van der Waals surface area contributed by atoms with Crippen LogP contribution in [0.15, 0.2) is 54.6 Å². The zero-order valence-corrected chi connectivity index (χ0v) is 17.6. The van der Waals surface area contributed by atoms with Crippen molar-refractivity contribution >= 4 is 29.1 Å². The minimum Gasteiger partial charge on any atom is -0.494 e. The van der Waals surface area contributed by atoms with Crippen molar-refractivity contribution in [3.8, 4) is 5.75 Å². The van der Waals surface area contributed by atoms with Crippen LogP contribution in [-0.2, 0) is 11.2 Å². The first-order valence-electron chi connectivity index (χ1n) is 9.61. The molecule has 0 atom stereocenters. The average Bonchev–Trinajstić information content (AvgIpc) is 2.71. The summed E-state index contributed by atoms with van der Waals surface area (Å²) in [4.78, 5) is 24.1. The lowest BCUT2D eigenvalue weighted by Crippen LogP contribution is -2.48. The molecule has 0 bridgehead atoms. The Labute approximate surface area is 177 Å². The smallest absolute Gasteiger partial charge is 0.269 e. The van der Waals surface area contributed by atoms with Gasteiger partial charge in [-0.2, -0.15) is 0 Å². The summed E-state index contributed by atoms with van der Waals surface area (Å²) < 4.78 is 5.63. The van der Waals surface area contributed by atoms with E-state index in [4.69, 9.17) is 17.0 Å². The number of rotatable bonds is 8. The molecule has 2 rings (SSSR count). The van der Waals surface area contributed by atoms with Gasteiger partial charge in [-0.15, -0.1) is 0 Å². The van der Waals surface area contributed by atoms with Gasteiger partial charge in [0.15, 0.2) is 5.11 Å². The van der Waals surface area contributed by atoms with Crippen LogP contribution in [-0.4, -0.2) is 23.5 Å². The Balaban J connectivity index is 1.69. The topological polar surface area (TPSA) is 79.5 Å². The van der Waals surface area contributed by atoms with Crippen LogP contribution in [0.25, 0.3) is 0 Å². The van der Waals surface area contributed by atoms with Crippen molar-refractivity contribution in [2.75, 3.05) is 6.61 Å². The van der Waals surface area contributed by atoms with Crippen molar-refractivity contribution in [1.82, 2.24) is 16.2 Å². The van der Waals surface area contributed by atoms with Crippen LogP contribution in [0.1, 0.15) is 42.6 Å². The predicted molar refractivity (Wildman–Crippen MR) is 117 cm³/mol. The van der Waals surface area contributed by atoms with Crippen LogP contribution in [0.2, 0.25) is 0 Å². The molecule has 29 heavy (non-hydrogen) atoms. The number of thiocarbonyl (C=S) groups is 1. The van der Waals surface area contributed by atoms with Crippen LogP contribution in [0, 0.1) is 5.92 Å². The molecule has 2 aromatic rings. The molecule has 0 spiro atoms. The summed E-state index contributed by atoms with van der Waals surface area (Å²) in [5, 5.41) is 2.59. The van der Waals surface area contributed by atoms with Gasteiger partial charge in [-0.3, -0.25) is 20.4 Å². The molecule has 3 N–H and O–H groups in total. The number of aryl methyl sites for hydroxylation is 1. The normalized spacial score (nSPS) is 10.3. The third kappa shape index (κ3) is 8.74. The molecule has 0 saturated heterocycles. The van der Waals surface area contributed by atoms with Crippen molar-refractivity contribution in [2.45, 2.75) is 33.1 Å². The second-order valence-electron chi connectivity index (χ2n) is 7.00. The number of nitrogens with one attached hydrogen (secondary N) is 3. The molecule has 0 aliphatic heterocycles. The maximum atomic E-state index is 12.2. The Morgan fingerprint density at radius 1 is 1.00 bits per heavy atom. The molecule has 154 valence electrons. The van der Waals surface area contributed by atoms with Crippen LogP contribution < -0.4 is 20.9 Å². The number of benzene rings is 2. The predicted octanol–water partition coefficient (Wildman–Crippen LogP) is 3.38. The highest BCUT2D eigenvalue weighted by Crippen LogP contribution is 2.13. The third-order valence-corrected chi connectivity index (χ3v) is 4.31. The first-order chi connectivity index (χ1) is 13.9. The molecular weight excluding hydrogens is 386 g/mol. The Morgan fingerprint density at radius 3 is 2.34 bits per heavy atom. The van der Waals surface area contributed by atoms with Gasteiger partial charge in [0.1, 0.15) is 5.75 Å². The fourth-order valence-electron chi connectivity index (χ4n) is 2.42. The van der Waals surface area contributed by atoms with Gasteiger partial charge in [-0.05, 0) is 60.8 Å². The standard InChI is InChI=1S/C22H27N3O3S/c1-16(2)14-15-28-19-11-9-18(10-12-19)21(27)24-25-22(29)23-20(26)13-8-17-6-4-3-5-7-17/h3-7,9-12,16H,8,13-15H2,1-2H3,(H,24,27)(H2,23,25,26,29). The number of amides is 2. The van der Waals surface area contributed by atoms with Gasteiger partial charge in [0.2, 0.25) is 5.91 Å². The van der Waals surface area contributed by atoms with E-state index in [0.29, 0.717) is 30.9 Å². The van der Waals surface area contributed by atoms with Crippen molar-refractivity contribution in [3.63, 3.8) is 0 Å².